The van der Waals surface area contributed by atoms with Gasteiger partial charge in [-0.3, -0.25) is 14.6 Å². The summed E-state index contributed by atoms with van der Waals surface area (Å²) in [4.78, 5) is 21.3. The molecule has 1 fully saturated rings. The number of anilines is 1. The highest BCUT2D eigenvalue weighted by atomic mass is 35.5. The maximum absolute atomic E-state index is 14.1. The van der Waals surface area contributed by atoms with Crippen LogP contribution in [0, 0.1) is 11.6 Å². The Balaban J connectivity index is 0.00000256. The Morgan fingerprint density at radius 3 is 2.70 bits per heavy atom. The average molecular weight is 474 g/mol. The number of morpholine rings is 1. The van der Waals surface area contributed by atoms with Gasteiger partial charge in [0.2, 0.25) is 0 Å². The molecular formula is C20H19Cl2F2N3O2S. The van der Waals surface area contributed by atoms with Crippen LogP contribution in [-0.4, -0.2) is 55.2 Å². The van der Waals surface area contributed by atoms with Gasteiger partial charge >= 0.3 is 0 Å². The molecule has 2 heterocycles. The number of thiazole rings is 1. The topological polar surface area (TPSA) is 45.7 Å². The molecule has 0 N–H and O–H groups in total. The third kappa shape index (κ3) is 4.90. The Morgan fingerprint density at radius 2 is 2.00 bits per heavy atom. The molecular weight excluding hydrogens is 455 g/mol. The first-order valence-electron chi connectivity index (χ1n) is 9.15. The summed E-state index contributed by atoms with van der Waals surface area (Å²) in [6.07, 6.45) is 0. The molecule has 0 atom stereocenters. The fourth-order valence-electron chi connectivity index (χ4n) is 3.18. The Hall–Kier alpha value is -1.84. The third-order valence-electron chi connectivity index (χ3n) is 4.74. The molecule has 160 valence electrons. The second kappa shape index (κ2) is 9.98. The maximum atomic E-state index is 14.1. The predicted octanol–water partition coefficient (Wildman–Crippen LogP) is 4.63. The zero-order chi connectivity index (χ0) is 20.4. The number of amides is 1. The lowest BCUT2D eigenvalue weighted by Crippen LogP contribution is -2.43. The molecule has 0 saturated carbocycles. The lowest BCUT2D eigenvalue weighted by Gasteiger charge is -2.29. The van der Waals surface area contributed by atoms with Gasteiger partial charge in [-0.05, 0) is 30.3 Å². The number of benzene rings is 2. The van der Waals surface area contributed by atoms with Crippen molar-refractivity contribution in [2.75, 3.05) is 44.3 Å². The fraction of sp³-hybridized carbons (Fsp3) is 0.300. The van der Waals surface area contributed by atoms with Crippen molar-refractivity contribution in [2.24, 2.45) is 0 Å². The molecule has 5 nitrogen and oxygen atoms in total. The number of hydrogen-bond donors (Lipinski definition) is 0. The van der Waals surface area contributed by atoms with Crippen molar-refractivity contribution in [3.63, 3.8) is 0 Å². The number of ether oxygens (including phenoxy) is 1. The van der Waals surface area contributed by atoms with Crippen LogP contribution in [0.3, 0.4) is 0 Å². The average Bonchev–Trinajstić information content (AvgIpc) is 3.14. The van der Waals surface area contributed by atoms with Crippen LogP contribution in [0.2, 0.25) is 5.02 Å². The summed E-state index contributed by atoms with van der Waals surface area (Å²) in [6.45, 7) is 3.77. The van der Waals surface area contributed by atoms with Gasteiger partial charge in [0.1, 0.15) is 17.2 Å². The van der Waals surface area contributed by atoms with E-state index in [1.165, 1.54) is 34.4 Å². The molecule has 1 aliphatic heterocycles. The molecule has 1 amide bonds. The summed E-state index contributed by atoms with van der Waals surface area (Å²) in [5, 5.41) is 0.405. The van der Waals surface area contributed by atoms with E-state index in [9.17, 15) is 13.6 Å². The van der Waals surface area contributed by atoms with Gasteiger partial charge in [0.05, 0.1) is 28.5 Å². The zero-order valence-electron chi connectivity index (χ0n) is 15.8. The summed E-state index contributed by atoms with van der Waals surface area (Å²) in [5.74, 6) is -1.36. The van der Waals surface area contributed by atoms with Crippen molar-refractivity contribution in [3.8, 4) is 0 Å². The lowest BCUT2D eigenvalue weighted by atomic mass is 10.2. The number of fused-ring (bicyclic) bond motifs is 1. The van der Waals surface area contributed by atoms with E-state index in [-0.39, 0.29) is 28.5 Å². The molecule has 10 heteroatoms. The van der Waals surface area contributed by atoms with Crippen molar-refractivity contribution in [1.29, 1.82) is 0 Å². The summed E-state index contributed by atoms with van der Waals surface area (Å²) in [7, 11) is 0. The van der Waals surface area contributed by atoms with Gasteiger partial charge in [0, 0.05) is 26.2 Å². The van der Waals surface area contributed by atoms with E-state index < -0.39 is 17.5 Å². The Morgan fingerprint density at radius 1 is 1.23 bits per heavy atom. The van der Waals surface area contributed by atoms with Crippen LogP contribution in [0.5, 0.6) is 0 Å². The normalized spacial score (nSPS) is 14.5. The summed E-state index contributed by atoms with van der Waals surface area (Å²) in [6, 6.07) is 8.36. The number of nitrogens with zero attached hydrogens (tertiary/aromatic N) is 3. The number of carbonyl (C=O) groups is 1. The van der Waals surface area contributed by atoms with E-state index in [0.717, 1.165) is 19.2 Å². The van der Waals surface area contributed by atoms with Gasteiger partial charge < -0.3 is 4.74 Å². The molecule has 0 aliphatic carbocycles. The van der Waals surface area contributed by atoms with E-state index in [2.05, 4.69) is 9.88 Å². The maximum Gasteiger partial charge on any atom is 0.261 e. The Kier molecular flexibility index (Phi) is 7.60. The quantitative estimate of drug-likeness (QED) is 0.541. The molecule has 0 radical (unpaired) electrons. The molecule has 3 aromatic rings. The molecule has 0 bridgehead atoms. The predicted molar refractivity (Wildman–Crippen MR) is 117 cm³/mol. The van der Waals surface area contributed by atoms with Crippen LogP contribution in [0.25, 0.3) is 10.2 Å². The first-order chi connectivity index (χ1) is 14.0. The monoisotopic (exact) mass is 473 g/mol. The van der Waals surface area contributed by atoms with Crippen LogP contribution in [-0.2, 0) is 4.74 Å². The van der Waals surface area contributed by atoms with Crippen molar-refractivity contribution in [3.05, 3.63) is 58.6 Å². The van der Waals surface area contributed by atoms with E-state index in [1.807, 2.05) is 0 Å². The van der Waals surface area contributed by atoms with Crippen molar-refractivity contribution < 1.29 is 18.3 Å². The van der Waals surface area contributed by atoms with E-state index in [0.29, 0.717) is 36.1 Å². The first kappa shape index (κ1) is 22.8. The van der Waals surface area contributed by atoms with Crippen molar-refractivity contribution >= 4 is 56.6 Å². The number of halogens is 4. The van der Waals surface area contributed by atoms with Crippen molar-refractivity contribution in [2.45, 2.75) is 0 Å². The minimum atomic E-state index is -0.520. The van der Waals surface area contributed by atoms with Crippen LogP contribution < -0.4 is 4.90 Å². The van der Waals surface area contributed by atoms with Crippen LogP contribution in [0.1, 0.15) is 10.4 Å². The third-order valence-corrected chi connectivity index (χ3v) is 6.10. The summed E-state index contributed by atoms with van der Waals surface area (Å²) >= 11 is 7.35. The molecule has 1 aliphatic rings. The van der Waals surface area contributed by atoms with Gasteiger partial charge in [-0.2, -0.15) is 0 Å². The Bertz CT molecular complexity index is 1040. The number of carbonyl (C=O) groups excluding carboxylic acids is 1. The largest absolute Gasteiger partial charge is 0.379 e. The van der Waals surface area contributed by atoms with Crippen LogP contribution in [0.15, 0.2) is 36.4 Å². The molecule has 4 rings (SSSR count). The second-order valence-corrected chi connectivity index (χ2v) is 8.03. The zero-order valence-corrected chi connectivity index (χ0v) is 18.2. The van der Waals surface area contributed by atoms with Gasteiger partial charge in [-0.1, -0.05) is 29.0 Å². The number of aromatic nitrogens is 1. The van der Waals surface area contributed by atoms with Crippen LogP contribution in [0.4, 0.5) is 13.9 Å². The van der Waals surface area contributed by atoms with E-state index in [1.54, 1.807) is 12.1 Å². The highest BCUT2D eigenvalue weighted by Crippen LogP contribution is 2.32. The van der Waals surface area contributed by atoms with Crippen molar-refractivity contribution in [1.82, 2.24) is 9.88 Å². The highest BCUT2D eigenvalue weighted by Gasteiger charge is 2.25. The lowest BCUT2D eigenvalue weighted by molar-refractivity contribution is 0.0391. The van der Waals surface area contributed by atoms with Gasteiger partial charge in [-0.15, -0.1) is 12.4 Å². The van der Waals surface area contributed by atoms with Gasteiger partial charge in [0.15, 0.2) is 5.13 Å². The second-order valence-electron chi connectivity index (χ2n) is 6.62. The molecule has 30 heavy (non-hydrogen) atoms. The van der Waals surface area contributed by atoms with E-state index in [4.69, 9.17) is 16.3 Å². The summed E-state index contributed by atoms with van der Waals surface area (Å²) in [5.41, 5.74) is 0.400. The molecule has 2 aromatic carbocycles. The summed E-state index contributed by atoms with van der Waals surface area (Å²) < 4.78 is 33.6. The van der Waals surface area contributed by atoms with E-state index >= 15 is 0 Å². The fourth-order valence-corrected chi connectivity index (χ4v) is 4.43. The van der Waals surface area contributed by atoms with Gasteiger partial charge in [0.25, 0.3) is 5.91 Å². The Labute approximate surface area is 187 Å². The molecule has 1 aromatic heterocycles. The van der Waals surface area contributed by atoms with Crippen LogP contribution >= 0.6 is 35.3 Å². The minimum Gasteiger partial charge on any atom is -0.379 e. The first-order valence-corrected chi connectivity index (χ1v) is 10.3. The molecule has 0 spiro atoms. The SMILES string of the molecule is Cl.O=C(c1ccc(F)cc1Cl)N(CCN1CCOCC1)c1nc2c(F)cccc2s1. The standard InChI is InChI=1S/C20H18ClF2N3O2S.ClH/c21-15-12-13(22)4-5-14(15)19(27)26(7-6-25-8-10-28-11-9-25)20-24-18-16(23)2-1-3-17(18)29-20;/h1-5,12H,6-11H2;1H. The number of para-hydroxylation sites is 1. The molecule has 0 unspecified atom stereocenters. The smallest absolute Gasteiger partial charge is 0.261 e. The highest BCUT2D eigenvalue weighted by molar-refractivity contribution is 7.22. The number of rotatable bonds is 5. The minimum absolute atomic E-state index is 0. The van der Waals surface area contributed by atoms with Gasteiger partial charge in [-0.25, -0.2) is 13.8 Å². The molecule has 1 saturated heterocycles. The number of hydrogen-bond acceptors (Lipinski definition) is 5.